The van der Waals surface area contributed by atoms with Crippen LogP contribution in [0.25, 0.3) is 0 Å². The van der Waals surface area contributed by atoms with Crippen molar-refractivity contribution < 1.29 is 14.6 Å². The lowest BCUT2D eigenvalue weighted by Gasteiger charge is -2.08. The van der Waals surface area contributed by atoms with Crippen LogP contribution in [0.15, 0.2) is 40.9 Å². The van der Waals surface area contributed by atoms with E-state index in [0.717, 1.165) is 10.0 Å². The average Bonchev–Trinajstić information content (AvgIpc) is 2.33. The maximum Gasteiger partial charge on any atom is 0.337 e. The Morgan fingerprint density at radius 1 is 1.21 bits per heavy atom. The van der Waals surface area contributed by atoms with Crippen LogP contribution in [-0.2, 0) is 0 Å². The van der Waals surface area contributed by atoms with Gasteiger partial charge in [-0.1, -0.05) is 27.5 Å². The summed E-state index contributed by atoms with van der Waals surface area (Å²) < 4.78 is 6.63. The van der Waals surface area contributed by atoms with Gasteiger partial charge in [0.2, 0.25) is 0 Å². The molecule has 0 atom stereocenters. The Hall–Kier alpha value is -1.52. The van der Waals surface area contributed by atoms with Crippen LogP contribution >= 0.6 is 27.5 Å². The molecule has 0 spiro atoms. The number of rotatable bonds is 3. The SMILES string of the molecule is Cc1cc(Oc2ccc(C(=O)O)c(Cl)c2)ccc1Br. The lowest BCUT2D eigenvalue weighted by atomic mass is 10.2. The van der Waals surface area contributed by atoms with Gasteiger partial charge in [0.25, 0.3) is 0 Å². The lowest BCUT2D eigenvalue weighted by Crippen LogP contribution is -1.97. The topological polar surface area (TPSA) is 46.5 Å². The molecular formula is C14H10BrClO3. The van der Waals surface area contributed by atoms with Gasteiger partial charge >= 0.3 is 5.97 Å². The number of aryl methyl sites for hydroxylation is 1. The number of ether oxygens (including phenoxy) is 1. The van der Waals surface area contributed by atoms with Crippen LogP contribution in [0.5, 0.6) is 11.5 Å². The van der Waals surface area contributed by atoms with Crippen LogP contribution < -0.4 is 4.74 Å². The molecule has 5 heteroatoms. The van der Waals surface area contributed by atoms with Crippen molar-refractivity contribution in [3.8, 4) is 11.5 Å². The summed E-state index contributed by atoms with van der Waals surface area (Å²) in [6, 6.07) is 10.1. The molecule has 0 aromatic heterocycles. The van der Waals surface area contributed by atoms with E-state index in [1.807, 2.05) is 25.1 Å². The smallest absolute Gasteiger partial charge is 0.337 e. The third-order valence-corrected chi connectivity index (χ3v) is 3.74. The number of carboxylic acids is 1. The van der Waals surface area contributed by atoms with Crippen LogP contribution in [0.1, 0.15) is 15.9 Å². The first-order valence-corrected chi connectivity index (χ1v) is 6.61. The van der Waals surface area contributed by atoms with Crippen LogP contribution in [0.2, 0.25) is 5.02 Å². The van der Waals surface area contributed by atoms with Crippen molar-refractivity contribution in [1.82, 2.24) is 0 Å². The molecule has 0 fully saturated rings. The van der Waals surface area contributed by atoms with Crippen LogP contribution in [0, 0.1) is 6.92 Å². The summed E-state index contributed by atoms with van der Waals surface area (Å²) in [5.41, 5.74) is 1.10. The van der Waals surface area contributed by atoms with E-state index in [-0.39, 0.29) is 10.6 Å². The molecule has 0 radical (unpaired) electrons. The average molecular weight is 342 g/mol. The number of aromatic carboxylic acids is 1. The summed E-state index contributed by atoms with van der Waals surface area (Å²) in [6.07, 6.45) is 0. The second-order valence-electron chi connectivity index (χ2n) is 3.96. The summed E-state index contributed by atoms with van der Waals surface area (Å²) in [5, 5.41) is 9.03. The Labute approximate surface area is 123 Å². The van der Waals surface area contributed by atoms with Crippen molar-refractivity contribution in [2.75, 3.05) is 0 Å². The second-order valence-corrected chi connectivity index (χ2v) is 5.22. The Balaban J connectivity index is 2.26. The molecule has 3 nitrogen and oxygen atoms in total. The maximum atomic E-state index is 10.8. The molecule has 0 aliphatic carbocycles. The van der Waals surface area contributed by atoms with E-state index in [0.29, 0.717) is 11.5 Å². The largest absolute Gasteiger partial charge is 0.478 e. The molecule has 1 N–H and O–H groups in total. The minimum Gasteiger partial charge on any atom is -0.478 e. The van der Waals surface area contributed by atoms with E-state index >= 15 is 0 Å². The van der Waals surface area contributed by atoms with Gasteiger partial charge in [-0.05, 0) is 42.8 Å². The predicted molar refractivity (Wildman–Crippen MR) is 77.4 cm³/mol. The van der Waals surface area contributed by atoms with Gasteiger partial charge in [0, 0.05) is 10.5 Å². The molecular weight excluding hydrogens is 332 g/mol. The number of carboxylic acid groups (broad SMARTS) is 1. The number of hydrogen-bond donors (Lipinski definition) is 1. The highest BCUT2D eigenvalue weighted by Gasteiger charge is 2.10. The van der Waals surface area contributed by atoms with Gasteiger partial charge in [0.1, 0.15) is 11.5 Å². The molecule has 2 rings (SSSR count). The summed E-state index contributed by atoms with van der Waals surface area (Å²) >= 11 is 9.29. The van der Waals surface area contributed by atoms with E-state index in [1.54, 1.807) is 6.07 Å². The van der Waals surface area contributed by atoms with Crippen LogP contribution in [-0.4, -0.2) is 11.1 Å². The normalized spacial score (nSPS) is 10.3. The van der Waals surface area contributed by atoms with E-state index in [9.17, 15) is 4.79 Å². The highest BCUT2D eigenvalue weighted by molar-refractivity contribution is 9.10. The van der Waals surface area contributed by atoms with E-state index in [2.05, 4.69) is 15.9 Å². The van der Waals surface area contributed by atoms with Crippen LogP contribution in [0.3, 0.4) is 0 Å². The van der Waals surface area contributed by atoms with Crippen molar-refractivity contribution >= 4 is 33.5 Å². The minimum atomic E-state index is -1.06. The summed E-state index contributed by atoms with van der Waals surface area (Å²) in [6.45, 7) is 1.96. The van der Waals surface area contributed by atoms with Gasteiger partial charge in [-0.25, -0.2) is 4.79 Å². The number of benzene rings is 2. The molecule has 0 heterocycles. The van der Waals surface area contributed by atoms with Crippen molar-refractivity contribution in [3.05, 3.63) is 57.0 Å². The first kappa shape index (κ1) is 13.9. The second kappa shape index (κ2) is 5.63. The number of halogens is 2. The molecule has 98 valence electrons. The third kappa shape index (κ3) is 3.28. The van der Waals surface area contributed by atoms with Crippen molar-refractivity contribution in [3.63, 3.8) is 0 Å². The molecule has 0 amide bonds. The Bertz CT molecular complexity index is 641. The molecule has 2 aromatic carbocycles. The van der Waals surface area contributed by atoms with Crippen molar-refractivity contribution in [2.24, 2.45) is 0 Å². The number of hydrogen-bond acceptors (Lipinski definition) is 2. The highest BCUT2D eigenvalue weighted by Crippen LogP contribution is 2.29. The van der Waals surface area contributed by atoms with E-state index in [4.69, 9.17) is 21.4 Å². The van der Waals surface area contributed by atoms with Gasteiger partial charge < -0.3 is 9.84 Å². The molecule has 19 heavy (non-hydrogen) atoms. The molecule has 2 aromatic rings. The molecule has 0 bridgehead atoms. The Morgan fingerprint density at radius 2 is 1.84 bits per heavy atom. The number of carbonyl (C=O) groups is 1. The highest BCUT2D eigenvalue weighted by atomic mass is 79.9. The fraction of sp³-hybridized carbons (Fsp3) is 0.0714. The lowest BCUT2D eigenvalue weighted by molar-refractivity contribution is 0.0697. The quantitative estimate of drug-likeness (QED) is 0.863. The van der Waals surface area contributed by atoms with Gasteiger partial charge in [-0.2, -0.15) is 0 Å². The van der Waals surface area contributed by atoms with Gasteiger partial charge in [0.05, 0.1) is 10.6 Å². The summed E-state index contributed by atoms with van der Waals surface area (Å²) in [5.74, 6) is 0.104. The molecule has 0 aliphatic rings. The predicted octanol–water partition coefficient (Wildman–Crippen LogP) is 4.90. The van der Waals surface area contributed by atoms with E-state index in [1.165, 1.54) is 12.1 Å². The van der Waals surface area contributed by atoms with Gasteiger partial charge in [-0.3, -0.25) is 0 Å². The zero-order valence-electron chi connectivity index (χ0n) is 9.98. The molecule has 0 saturated heterocycles. The Kier molecular flexibility index (Phi) is 4.12. The zero-order valence-corrected chi connectivity index (χ0v) is 12.3. The van der Waals surface area contributed by atoms with E-state index < -0.39 is 5.97 Å². The van der Waals surface area contributed by atoms with Gasteiger partial charge in [-0.15, -0.1) is 0 Å². The fourth-order valence-corrected chi connectivity index (χ4v) is 2.05. The van der Waals surface area contributed by atoms with Crippen LogP contribution in [0.4, 0.5) is 0 Å². The van der Waals surface area contributed by atoms with Crippen molar-refractivity contribution in [2.45, 2.75) is 6.92 Å². The maximum absolute atomic E-state index is 10.8. The van der Waals surface area contributed by atoms with Crippen molar-refractivity contribution in [1.29, 1.82) is 0 Å². The summed E-state index contributed by atoms with van der Waals surface area (Å²) in [4.78, 5) is 10.8. The third-order valence-electron chi connectivity index (χ3n) is 2.54. The zero-order chi connectivity index (χ0) is 14.0. The standard InChI is InChI=1S/C14H10BrClO3/c1-8-6-9(3-5-12(8)15)19-10-2-4-11(14(17)18)13(16)7-10/h2-7H,1H3,(H,17,18). The molecule has 0 unspecified atom stereocenters. The fourth-order valence-electron chi connectivity index (χ4n) is 1.55. The monoisotopic (exact) mass is 340 g/mol. The van der Waals surface area contributed by atoms with Gasteiger partial charge in [0.15, 0.2) is 0 Å². The first-order chi connectivity index (χ1) is 8.97. The Morgan fingerprint density at radius 3 is 2.42 bits per heavy atom. The summed E-state index contributed by atoms with van der Waals surface area (Å²) in [7, 11) is 0. The molecule has 0 saturated carbocycles. The minimum absolute atomic E-state index is 0.0565. The first-order valence-electron chi connectivity index (χ1n) is 5.44. The molecule has 0 aliphatic heterocycles.